The van der Waals surface area contributed by atoms with Gasteiger partial charge in [-0.2, -0.15) is 0 Å². The van der Waals surface area contributed by atoms with Crippen LogP contribution in [0.2, 0.25) is 0 Å². The molecule has 0 radical (unpaired) electrons. The molecule has 30 heavy (non-hydrogen) atoms. The molecule has 2 aliphatic heterocycles. The Morgan fingerprint density at radius 1 is 1.00 bits per heavy atom. The van der Waals surface area contributed by atoms with Gasteiger partial charge in [-0.1, -0.05) is 0 Å². The number of likely N-dealkylation sites (tertiary alicyclic amines) is 2. The highest BCUT2D eigenvalue weighted by Gasteiger charge is 2.32. The van der Waals surface area contributed by atoms with Gasteiger partial charge in [-0.3, -0.25) is 14.7 Å². The number of rotatable bonds is 6. The van der Waals surface area contributed by atoms with Gasteiger partial charge in [0.25, 0.3) is 0 Å². The van der Waals surface area contributed by atoms with Crippen LogP contribution in [0, 0.1) is 5.92 Å². The molecule has 160 valence electrons. The monoisotopic (exact) mass is 407 g/mol. The third-order valence-corrected chi connectivity index (χ3v) is 7.04. The first-order chi connectivity index (χ1) is 14.8. The first kappa shape index (κ1) is 19.8. The summed E-state index contributed by atoms with van der Waals surface area (Å²) in [5, 5.41) is 3.19. The molecule has 0 aromatic carbocycles. The zero-order valence-corrected chi connectivity index (χ0v) is 17.7. The summed E-state index contributed by atoms with van der Waals surface area (Å²) in [5.74, 6) is 0.547. The first-order valence-corrected chi connectivity index (χ1v) is 11.6. The molecule has 6 heteroatoms. The lowest BCUT2D eigenvalue weighted by molar-refractivity contribution is -0.126. The molecule has 4 heterocycles. The summed E-state index contributed by atoms with van der Waals surface area (Å²) >= 11 is 0. The highest BCUT2D eigenvalue weighted by atomic mass is 16.2. The number of hydrogen-bond donors (Lipinski definition) is 1. The number of nitrogens with one attached hydrogen (secondary N) is 1. The molecular formula is C24H33N5O. The van der Waals surface area contributed by atoms with Crippen LogP contribution in [-0.4, -0.2) is 63.5 Å². The Balaban J connectivity index is 1.09. The molecule has 2 aromatic rings. The summed E-state index contributed by atoms with van der Waals surface area (Å²) in [6.07, 6.45) is 12.7. The Labute approximate surface area is 179 Å². The minimum atomic E-state index is 0.238. The second kappa shape index (κ2) is 8.90. The van der Waals surface area contributed by atoms with E-state index in [4.69, 9.17) is 0 Å². The highest BCUT2D eigenvalue weighted by molar-refractivity contribution is 5.79. The van der Waals surface area contributed by atoms with Crippen molar-refractivity contribution in [1.82, 2.24) is 24.7 Å². The smallest absolute Gasteiger partial charge is 0.223 e. The van der Waals surface area contributed by atoms with E-state index in [2.05, 4.69) is 49.1 Å². The van der Waals surface area contributed by atoms with Crippen LogP contribution >= 0.6 is 0 Å². The van der Waals surface area contributed by atoms with Crippen LogP contribution in [0.5, 0.6) is 0 Å². The van der Waals surface area contributed by atoms with Gasteiger partial charge in [0, 0.05) is 55.7 Å². The third-order valence-electron chi connectivity index (χ3n) is 7.04. The number of carbonyl (C=O) groups excluding carboxylic acids is 1. The van der Waals surface area contributed by atoms with Gasteiger partial charge in [-0.25, -0.2) is 0 Å². The predicted molar refractivity (Wildman–Crippen MR) is 117 cm³/mol. The fourth-order valence-corrected chi connectivity index (χ4v) is 5.04. The summed E-state index contributed by atoms with van der Waals surface area (Å²) < 4.78 is 2.25. The van der Waals surface area contributed by atoms with Crippen LogP contribution in [0.15, 0.2) is 42.9 Å². The van der Waals surface area contributed by atoms with Gasteiger partial charge in [0.2, 0.25) is 5.91 Å². The van der Waals surface area contributed by atoms with Crippen molar-refractivity contribution in [1.29, 1.82) is 0 Å². The number of carbonyl (C=O) groups is 1. The molecule has 6 nitrogen and oxygen atoms in total. The predicted octanol–water partition coefficient (Wildman–Crippen LogP) is 2.83. The normalized spacial score (nSPS) is 22.3. The average molecular weight is 408 g/mol. The van der Waals surface area contributed by atoms with Crippen molar-refractivity contribution < 1.29 is 4.79 Å². The van der Waals surface area contributed by atoms with Crippen LogP contribution in [0.1, 0.15) is 44.2 Å². The van der Waals surface area contributed by atoms with E-state index in [-0.39, 0.29) is 5.92 Å². The lowest BCUT2D eigenvalue weighted by Crippen LogP contribution is -2.49. The first-order valence-electron chi connectivity index (χ1n) is 11.6. The lowest BCUT2D eigenvalue weighted by atomic mass is 9.92. The Kier molecular flexibility index (Phi) is 5.86. The van der Waals surface area contributed by atoms with Crippen molar-refractivity contribution in [3.63, 3.8) is 0 Å². The Bertz CT molecular complexity index is 830. The minimum Gasteiger partial charge on any atom is -0.353 e. The van der Waals surface area contributed by atoms with Crippen LogP contribution in [-0.2, 0) is 11.3 Å². The van der Waals surface area contributed by atoms with E-state index in [0.717, 1.165) is 51.3 Å². The SMILES string of the molecule is O=C(NC1CC1)C1CCN(C2CCN(Cc3cccn3-c3cccnc3)CC2)CC1. The molecule has 2 aromatic heterocycles. The number of hydrogen-bond acceptors (Lipinski definition) is 4. The maximum atomic E-state index is 12.3. The van der Waals surface area contributed by atoms with E-state index in [1.54, 1.807) is 0 Å². The standard InChI is InChI=1S/C24H33N5O/c30-24(26-20-5-6-20)19-7-15-28(16-8-19)21-9-13-27(14-10-21)18-23-4-2-12-29(23)22-3-1-11-25-17-22/h1-4,11-12,17,19-21H,5-10,13-16,18H2,(H,26,30). The molecule has 2 saturated heterocycles. The van der Waals surface area contributed by atoms with Crippen LogP contribution in [0.25, 0.3) is 5.69 Å². The maximum absolute atomic E-state index is 12.3. The van der Waals surface area contributed by atoms with Crippen molar-refractivity contribution in [2.45, 2.75) is 57.2 Å². The quantitative estimate of drug-likeness (QED) is 0.800. The zero-order valence-electron chi connectivity index (χ0n) is 17.7. The van der Waals surface area contributed by atoms with Crippen molar-refractivity contribution in [3.8, 4) is 5.69 Å². The molecule has 1 aliphatic carbocycles. The van der Waals surface area contributed by atoms with Gasteiger partial charge < -0.3 is 14.8 Å². The highest BCUT2D eigenvalue weighted by Crippen LogP contribution is 2.26. The molecule has 0 atom stereocenters. The van der Waals surface area contributed by atoms with Crippen LogP contribution in [0.4, 0.5) is 0 Å². The summed E-state index contributed by atoms with van der Waals surface area (Å²) in [7, 11) is 0. The second-order valence-electron chi connectivity index (χ2n) is 9.18. The van der Waals surface area contributed by atoms with Crippen molar-refractivity contribution in [3.05, 3.63) is 48.5 Å². The van der Waals surface area contributed by atoms with E-state index in [0.29, 0.717) is 18.0 Å². The van der Waals surface area contributed by atoms with Gasteiger partial charge in [0.1, 0.15) is 0 Å². The molecule has 0 unspecified atom stereocenters. The Morgan fingerprint density at radius 2 is 1.80 bits per heavy atom. The van der Waals surface area contributed by atoms with Gasteiger partial charge >= 0.3 is 0 Å². The zero-order chi connectivity index (χ0) is 20.3. The van der Waals surface area contributed by atoms with Gasteiger partial charge in [0.05, 0.1) is 11.9 Å². The van der Waals surface area contributed by atoms with Crippen molar-refractivity contribution in [2.75, 3.05) is 26.2 Å². The molecule has 0 spiro atoms. The maximum Gasteiger partial charge on any atom is 0.223 e. The van der Waals surface area contributed by atoms with Gasteiger partial charge in [-0.05, 0) is 75.9 Å². The molecule has 3 aliphatic rings. The summed E-state index contributed by atoms with van der Waals surface area (Å²) in [6, 6.07) is 9.61. The van der Waals surface area contributed by atoms with E-state index < -0.39 is 0 Å². The average Bonchev–Trinajstić information content (AvgIpc) is 3.49. The fraction of sp³-hybridized carbons (Fsp3) is 0.583. The van der Waals surface area contributed by atoms with Gasteiger partial charge in [-0.15, -0.1) is 0 Å². The third kappa shape index (κ3) is 4.60. The number of pyridine rings is 1. The molecule has 5 rings (SSSR count). The molecular weight excluding hydrogens is 374 g/mol. The second-order valence-corrected chi connectivity index (χ2v) is 9.18. The minimum absolute atomic E-state index is 0.238. The number of aromatic nitrogens is 2. The summed E-state index contributed by atoms with van der Waals surface area (Å²) in [5.41, 5.74) is 2.45. The van der Waals surface area contributed by atoms with Gasteiger partial charge in [0.15, 0.2) is 0 Å². The summed E-state index contributed by atoms with van der Waals surface area (Å²) in [4.78, 5) is 21.8. The van der Waals surface area contributed by atoms with E-state index >= 15 is 0 Å². The molecule has 1 amide bonds. The number of nitrogens with zero attached hydrogens (tertiary/aromatic N) is 4. The Morgan fingerprint density at radius 3 is 2.50 bits per heavy atom. The number of piperidine rings is 2. The lowest BCUT2D eigenvalue weighted by Gasteiger charge is -2.41. The fourth-order valence-electron chi connectivity index (χ4n) is 5.04. The van der Waals surface area contributed by atoms with Crippen LogP contribution < -0.4 is 5.32 Å². The van der Waals surface area contributed by atoms with Crippen LogP contribution in [0.3, 0.4) is 0 Å². The van der Waals surface area contributed by atoms with E-state index in [1.165, 1.54) is 31.4 Å². The van der Waals surface area contributed by atoms with E-state index in [9.17, 15) is 4.79 Å². The largest absolute Gasteiger partial charge is 0.353 e. The molecule has 3 fully saturated rings. The molecule has 1 N–H and O–H groups in total. The summed E-state index contributed by atoms with van der Waals surface area (Å²) in [6.45, 7) is 5.43. The topological polar surface area (TPSA) is 53.4 Å². The molecule has 1 saturated carbocycles. The molecule has 0 bridgehead atoms. The van der Waals surface area contributed by atoms with Crippen molar-refractivity contribution >= 4 is 5.91 Å². The number of amides is 1. The Hall–Kier alpha value is -2.18. The van der Waals surface area contributed by atoms with Crippen molar-refractivity contribution in [2.24, 2.45) is 5.92 Å². The van der Waals surface area contributed by atoms with E-state index in [1.807, 2.05) is 18.5 Å².